The monoisotopic (exact) mass is 363 g/mol. The molecule has 1 unspecified atom stereocenters. The second kappa shape index (κ2) is 7.96. The van der Waals surface area contributed by atoms with Crippen LogP contribution in [0.3, 0.4) is 0 Å². The first-order valence-electron chi connectivity index (χ1n) is 6.47. The third-order valence-corrected chi connectivity index (χ3v) is 5.28. The average molecular weight is 364 g/mol. The lowest BCUT2D eigenvalue weighted by atomic mass is 10.2. The second-order valence-corrected chi connectivity index (χ2v) is 6.68. The molecule has 21 heavy (non-hydrogen) atoms. The second-order valence-electron chi connectivity index (χ2n) is 4.29. The normalized spacial score (nSPS) is 11.6. The molecule has 0 aliphatic carbocycles. The molecule has 0 aliphatic rings. The van der Waals surface area contributed by atoms with Gasteiger partial charge in [0.25, 0.3) is 0 Å². The number of ether oxygens (including phenoxy) is 1. The number of nitrogens with zero attached hydrogens (tertiary/aromatic N) is 1. The molecule has 0 aliphatic heterocycles. The van der Waals surface area contributed by atoms with Crippen LogP contribution < -0.4 is 4.74 Å². The summed E-state index contributed by atoms with van der Waals surface area (Å²) in [6.07, 6.45) is 0.660. The molecule has 5 heteroatoms. The zero-order valence-electron chi connectivity index (χ0n) is 11.3. The molecule has 108 valence electrons. The molecule has 2 aromatic carbocycles. The molecule has 0 N–H and O–H groups in total. The minimum Gasteiger partial charge on any atom is -0.492 e. The maximum atomic E-state index is 12.2. The lowest BCUT2D eigenvalue weighted by Gasteiger charge is -2.08. The first-order chi connectivity index (χ1) is 10.2. The average Bonchev–Trinajstić information content (AvgIpc) is 2.52. The fraction of sp³-hybridized carbons (Fsp3) is 0.188. The number of halogens is 1. The van der Waals surface area contributed by atoms with Gasteiger partial charge in [-0.25, -0.2) is 0 Å². The summed E-state index contributed by atoms with van der Waals surface area (Å²) in [4.78, 5) is 0.801. The largest absolute Gasteiger partial charge is 0.492 e. The molecule has 0 amide bonds. The molecule has 0 spiro atoms. The Morgan fingerprint density at radius 1 is 1.14 bits per heavy atom. The van der Waals surface area contributed by atoms with Gasteiger partial charge in [0, 0.05) is 10.2 Å². The lowest BCUT2D eigenvalue weighted by Crippen LogP contribution is -2.06. The van der Waals surface area contributed by atoms with E-state index in [1.165, 1.54) is 0 Å². The molecule has 0 heterocycles. The Morgan fingerprint density at radius 3 is 2.62 bits per heavy atom. The SMILES string of the molecule is N#Cc1ccccc1OCCCS(=O)c1ccccc1Br. The molecule has 1 atom stereocenters. The molecule has 0 aromatic heterocycles. The fourth-order valence-corrected chi connectivity index (χ4v) is 3.74. The van der Waals surface area contributed by atoms with Crippen molar-refractivity contribution in [3.05, 3.63) is 58.6 Å². The fourth-order valence-electron chi connectivity index (χ4n) is 1.80. The van der Waals surface area contributed by atoms with Crippen LogP contribution in [0.5, 0.6) is 5.75 Å². The highest BCUT2D eigenvalue weighted by atomic mass is 79.9. The van der Waals surface area contributed by atoms with Gasteiger partial charge in [-0.05, 0) is 46.6 Å². The zero-order chi connectivity index (χ0) is 15.1. The Hall–Kier alpha value is -1.64. The van der Waals surface area contributed by atoms with Gasteiger partial charge in [0.05, 0.1) is 27.9 Å². The van der Waals surface area contributed by atoms with E-state index in [-0.39, 0.29) is 0 Å². The van der Waals surface area contributed by atoms with Gasteiger partial charge in [-0.2, -0.15) is 5.26 Å². The van der Waals surface area contributed by atoms with Crippen molar-refractivity contribution in [3.8, 4) is 11.8 Å². The van der Waals surface area contributed by atoms with E-state index in [1.807, 2.05) is 30.3 Å². The molecule has 2 aromatic rings. The lowest BCUT2D eigenvalue weighted by molar-refractivity contribution is 0.317. The van der Waals surface area contributed by atoms with Crippen molar-refractivity contribution in [1.82, 2.24) is 0 Å². The Balaban J connectivity index is 1.84. The van der Waals surface area contributed by atoms with Gasteiger partial charge >= 0.3 is 0 Å². The number of rotatable bonds is 6. The zero-order valence-corrected chi connectivity index (χ0v) is 13.7. The number of para-hydroxylation sites is 1. The van der Waals surface area contributed by atoms with Crippen LogP contribution in [-0.4, -0.2) is 16.6 Å². The van der Waals surface area contributed by atoms with E-state index >= 15 is 0 Å². The number of hydrogen-bond donors (Lipinski definition) is 0. The van der Waals surface area contributed by atoms with E-state index in [2.05, 4.69) is 22.0 Å². The van der Waals surface area contributed by atoms with Crippen LogP contribution in [0, 0.1) is 11.3 Å². The van der Waals surface area contributed by atoms with E-state index in [1.54, 1.807) is 18.2 Å². The van der Waals surface area contributed by atoms with Crippen LogP contribution in [0.1, 0.15) is 12.0 Å². The van der Waals surface area contributed by atoms with Crippen LogP contribution in [0.2, 0.25) is 0 Å². The van der Waals surface area contributed by atoms with Gasteiger partial charge in [0.15, 0.2) is 0 Å². The van der Waals surface area contributed by atoms with Crippen molar-refractivity contribution < 1.29 is 8.95 Å². The van der Waals surface area contributed by atoms with Crippen molar-refractivity contribution >= 4 is 26.7 Å². The van der Waals surface area contributed by atoms with Crippen molar-refractivity contribution in [2.45, 2.75) is 11.3 Å². The van der Waals surface area contributed by atoms with E-state index in [9.17, 15) is 4.21 Å². The third-order valence-electron chi connectivity index (χ3n) is 2.82. The maximum absolute atomic E-state index is 12.2. The van der Waals surface area contributed by atoms with Gasteiger partial charge in [0.2, 0.25) is 0 Å². The van der Waals surface area contributed by atoms with Gasteiger partial charge in [0.1, 0.15) is 11.8 Å². The van der Waals surface area contributed by atoms with Crippen LogP contribution in [0.4, 0.5) is 0 Å². The Labute approximate surface area is 135 Å². The highest BCUT2D eigenvalue weighted by Crippen LogP contribution is 2.20. The van der Waals surface area contributed by atoms with E-state index in [4.69, 9.17) is 10.00 Å². The Bertz CT molecular complexity index is 682. The summed E-state index contributed by atoms with van der Waals surface area (Å²) in [7, 11) is -1.05. The quantitative estimate of drug-likeness (QED) is 0.731. The van der Waals surface area contributed by atoms with Crippen LogP contribution >= 0.6 is 15.9 Å². The van der Waals surface area contributed by atoms with Gasteiger partial charge in [-0.1, -0.05) is 24.3 Å². The van der Waals surface area contributed by atoms with Crippen molar-refractivity contribution in [2.75, 3.05) is 12.4 Å². The van der Waals surface area contributed by atoms with Gasteiger partial charge in [-0.15, -0.1) is 0 Å². The number of benzene rings is 2. The predicted molar refractivity (Wildman–Crippen MR) is 86.7 cm³/mol. The van der Waals surface area contributed by atoms with Crippen molar-refractivity contribution in [2.24, 2.45) is 0 Å². The summed E-state index contributed by atoms with van der Waals surface area (Å²) < 4.78 is 18.6. The van der Waals surface area contributed by atoms with E-state index < -0.39 is 10.8 Å². The molecule has 0 bridgehead atoms. The van der Waals surface area contributed by atoms with Crippen molar-refractivity contribution in [1.29, 1.82) is 5.26 Å². The molecule has 2 rings (SSSR count). The highest BCUT2D eigenvalue weighted by molar-refractivity contribution is 9.10. The first-order valence-corrected chi connectivity index (χ1v) is 8.58. The highest BCUT2D eigenvalue weighted by Gasteiger charge is 2.08. The summed E-state index contributed by atoms with van der Waals surface area (Å²) in [5.41, 5.74) is 0.518. The predicted octanol–water partition coefficient (Wildman–Crippen LogP) is 3.90. The number of hydrogen-bond acceptors (Lipinski definition) is 3. The third kappa shape index (κ3) is 4.42. The van der Waals surface area contributed by atoms with E-state index in [0.29, 0.717) is 30.1 Å². The topological polar surface area (TPSA) is 50.1 Å². The minimum absolute atomic E-state index is 0.439. The van der Waals surface area contributed by atoms with Crippen LogP contribution in [-0.2, 0) is 10.8 Å². The van der Waals surface area contributed by atoms with Crippen LogP contribution in [0.25, 0.3) is 0 Å². The first kappa shape index (κ1) is 15.7. The minimum atomic E-state index is -1.05. The summed E-state index contributed by atoms with van der Waals surface area (Å²) >= 11 is 3.40. The molecule has 0 fully saturated rings. The standard InChI is InChI=1S/C16H14BrNO2S/c17-14-7-2-4-9-16(14)21(19)11-5-10-20-15-8-3-1-6-13(15)12-18/h1-4,6-9H,5,10-11H2. The molecular weight excluding hydrogens is 350 g/mol. The molecule has 0 radical (unpaired) electrons. The molecular formula is C16H14BrNO2S. The van der Waals surface area contributed by atoms with Crippen molar-refractivity contribution in [3.63, 3.8) is 0 Å². The summed E-state index contributed by atoms with van der Waals surface area (Å²) in [6, 6.07) is 16.7. The Kier molecular flexibility index (Phi) is 5.97. The number of nitriles is 1. The molecule has 0 saturated carbocycles. The van der Waals surface area contributed by atoms with Gasteiger partial charge < -0.3 is 4.74 Å². The van der Waals surface area contributed by atoms with Crippen LogP contribution in [0.15, 0.2) is 57.9 Å². The maximum Gasteiger partial charge on any atom is 0.137 e. The summed E-state index contributed by atoms with van der Waals surface area (Å²) in [6.45, 7) is 0.439. The summed E-state index contributed by atoms with van der Waals surface area (Å²) in [5.74, 6) is 1.10. The van der Waals surface area contributed by atoms with E-state index in [0.717, 1.165) is 9.37 Å². The Morgan fingerprint density at radius 2 is 1.86 bits per heavy atom. The van der Waals surface area contributed by atoms with Gasteiger partial charge in [-0.3, -0.25) is 4.21 Å². The molecule has 0 saturated heterocycles. The molecule has 3 nitrogen and oxygen atoms in total. The summed E-state index contributed by atoms with van der Waals surface area (Å²) in [5, 5.41) is 8.96. The smallest absolute Gasteiger partial charge is 0.137 e.